The van der Waals surface area contributed by atoms with Gasteiger partial charge in [-0.05, 0) is 36.4 Å². The molecule has 0 saturated heterocycles. The Labute approximate surface area is 150 Å². The zero-order chi connectivity index (χ0) is 18.4. The molecular formula is C19H18N4O3. The number of anilines is 1. The summed E-state index contributed by atoms with van der Waals surface area (Å²) in [5.74, 6) is 1.06. The van der Waals surface area contributed by atoms with Crippen molar-refractivity contribution in [2.24, 2.45) is 0 Å². The molecule has 3 aromatic rings. The van der Waals surface area contributed by atoms with E-state index in [-0.39, 0.29) is 5.91 Å². The van der Waals surface area contributed by atoms with Crippen molar-refractivity contribution in [3.63, 3.8) is 0 Å². The van der Waals surface area contributed by atoms with Gasteiger partial charge in [-0.15, -0.1) is 0 Å². The zero-order valence-corrected chi connectivity index (χ0v) is 14.4. The van der Waals surface area contributed by atoms with Gasteiger partial charge in [-0.25, -0.2) is 9.67 Å². The molecule has 0 saturated carbocycles. The van der Waals surface area contributed by atoms with Crippen molar-refractivity contribution in [3.05, 3.63) is 66.8 Å². The van der Waals surface area contributed by atoms with Crippen molar-refractivity contribution >= 4 is 17.7 Å². The molecule has 1 N–H and O–H groups in total. The van der Waals surface area contributed by atoms with Gasteiger partial charge in [-0.1, -0.05) is 12.1 Å². The maximum absolute atomic E-state index is 12.3. The maximum atomic E-state index is 12.3. The van der Waals surface area contributed by atoms with Crippen LogP contribution in [0.4, 0.5) is 5.69 Å². The van der Waals surface area contributed by atoms with E-state index in [0.29, 0.717) is 17.2 Å². The lowest BCUT2D eigenvalue weighted by molar-refractivity contribution is -0.111. The smallest absolute Gasteiger partial charge is 0.248 e. The number of benzene rings is 2. The third kappa shape index (κ3) is 3.89. The van der Waals surface area contributed by atoms with E-state index < -0.39 is 0 Å². The van der Waals surface area contributed by atoms with Crippen LogP contribution in [0.1, 0.15) is 5.56 Å². The van der Waals surface area contributed by atoms with Gasteiger partial charge in [0.25, 0.3) is 0 Å². The van der Waals surface area contributed by atoms with Crippen LogP contribution in [0, 0.1) is 0 Å². The minimum Gasteiger partial charge on any atom is -0.497 e. The number of methoxy groups -OCH3 is 2. The largest absolute Gasteiger partial charge is 0.497 e. The van der Waals surface area contributed by atoms with E-state index in [1.807, 2.05) is 18.2 Å². The summed E-state index contributed by atoms with van der Waals surface area (Å²) < 4.78 is 12.1. The molecule has 0 aliphatic heterocycles. The van der Waals surface area contributed by atoms with Crippen LogP contribution in [0.5, 0.6) is 11.5 Å². The van der Waals surface area contributed by atoms with E-state index in [1.165, 1.54) is 12.4 Å². The predicted octanol–water partition coefficient (Wildman–Crippen LogP) is 2.94. The van der Waals surface area contributed by atoms with Crippen molar-refractivity contribution in [2.75, 3.05) is 19.5 Å². The minimum absolute atomic E-state index is 0.276. The summed E-state index contributed by atoms with van der Waals surface area (Å²) in [6.45, 7) is 0. The second-order valence-corrected chi connectivity index (χ2v) is 5.29. The molecule has 1 amide bonds. The van der Waals surface area contributed by atoms with Gasteiger partial charge in [-0.3, -0.25) is 4.79 Å². The molecular weight excluding hydrogens is 332 g/mol. The van der Waals surface area contributed by atoms with Gasteiger partial charge < -0.3 is 14.8 Å². The summed E-state index contributed by atoms with van der Waals surface area (Å²) in [6, 6.07) is 12.7. The monoisotopic (exact) mass is 350 g/mol. The molecule has 3 rings (SSSR count). The van der Waals surface area contributed by atoms with Gasteiger partial charge in [-0.2, -0.15) is 5.10 Å². The summed E-state index contributed by atoms with van der Waals surface area (Å²) >= 11 is 0. The molecule has 2 aromatic carbocycles. The van der Waals surface area contributed by atoms with Crippen LogP contribution in [0.3, 0.4) is 0 Å². The van der Waals surface area contributed by atoms with Crippen LogP contribution in [0.15, 0.2) is 61.2 Å². The molecule has 0 fully saturated rings. The van der Waals surface area contributed by atoms with Gasteiger partial charge in [0, 0.05) is 11.6 Å². The Balaban J connectivity index is 1.79. The number of carbonyl (C=O) groups is 1. The summed E-state index contributed by atoms with van der Waals surface area (Å²) in [4.78, 5) is 16.3. The first-order chi connectivity index (χ1) is 12.7. The predicted molar refractivity (Wildman–Crippen MR) is 98.6 cm³/mol. The van der Waals surface area contributed by atoms with Gasteiger partial charge in [0.15, 0.2) is 0 Å². The van der Waals surface area contributed by atoms with Crippen molar-refractivity contribution in [2.45, 2.75) is 0 Å². The molecule has 0 atom stereocenters. The fourth-order valence-electron chi connectivity index (χ4n) is 2.42. The third-order valence-electron chi connectivity index (χ3n) is 3.68. The van der Waals surface area contributed by atoms with Crippen molar-refractivity contribution < 1.29 is 14.3 Å². The fourth-order valence-corrected chi connectivity index (χ4v) is 2.42. The van der Waals surface area contributed by atoms with Gasteiger partial charge in [0.2, 0.25) is 5.91 Å². The summed E-state index contributed by atoms with van der Waals surface area (Å²) in [5, 5.41) is 6.94. The molecule has 1 aromatic heterocycles. The number of nitrogens with one attached hydrogen (secondary N) is 1. The summed E-state index contributed by atoms with van der Waals surface area (Å²) in [6.07, 6.45) is 6.12. The van der Waals surface area contributed by atoms with Crippen LogP contribution < -0.4 is 14.8 Å². The first kappa shape index (κ1) is 17.2. The number of amides is 1. The van der Waals surface area contributed by atoms with Crippen molar-refractivity contribution in [1.29, 1.82) is 0 Å². The number of carbonyl (C=O) groups excluding carboxylic acids is 1. The van der Waals surface area contributed by atoms with E-state index in [4.69, 9.17) is 9.47 Å². The minimum atomic E-state index is -0.276. The van der Waals surface area contributed by atoms with Crippen LogP contribution in [-0.2, 0) is 4.79 Å². The third-order valence-corrected chi connectivity index (χ3v) is 3.68. The van der Waals surface area contributed by atoms with E-state index in [1.54, 1.807) is 55.6 Å². The van der Waals surface area contributed by atoms with E-state index in [2.05, 4.69) is 15.4 Å². The topological polar surface area (TPSA) is 78.3 Å². The lowest BCUT2D eigenvalue weighted by Crippen LogP contribution is -2.10. The number of hydrogen-bond donors (Lipinski definition) is 1. The van der Waals surface area contributed by atoms with Gasteiger partial charge in [0.1, 0.15) is 24.2 Å². The molecule has 0 bridgehead atoms. The standard InChI is InChI=1S/C19H18N4O3/c1-25-15-8-9-18(26-2)14(11-15)7-10-19(24)22-16-5-3-4-6-17(16)23-13-20-12-21-23/h3-13H,1-2H3,(H,22,24). The van der Waals surface area contributed by atoms with E-state index >= 15 is 0 Å². The molecule has 0 radical (unpaired) electrons. The van der Waals surface area contributed by atoms with Crippen molar-refractivity contribution in [1.82, 2.24) is 14.8 Å². The number of ether oxygens (including phenoxy) is 2. The lowest BCUT2D eigenvalue weighted by atomic mass is 10.1. The van der Waals surface area contributed by atoms with Crippen LogP contribution >= 0.6 is 0 Å². The average Bonchev–Trinajstić information content (AvgIpc) is 3.21. The van der Waals surface area contributed by atoms with E-state index in [0.717, 1.165) is 11.3 Å². The summed E-state index contributed by atoms with van der Waals surface area (Å²) in [7, 11) is 3.16. The quantitative estimate of drug-likeness (QED) is 0.692. The zero-order valence-electron chi connectivity index (χ0n) is 14.4. The van der Waals surface area contributed by atoms with Gasteiger partial charge >= 0.3 is 0 Å². The van der Waals surface area contributed by atoms with Crippen molar-refractivity contribution in [3.8, 4) is 17.2 Å². The second kappa shape index (κ2) is 7.98. The Kier molecular flexibility index (Phi) is 5.28. The number of rotatable bonds is 6. The van der Waals surface area contributed by atoms with Gasteiger partial charge in [0.05, 0.1) is 25.6 Å². The molecule has 26 heavy (non-hydrogen) atoms. The Morgan fingerprint density at radius 1 is 1.15 bits per heavy atom. The Hall–Kier alpha value is -3.61. The normalized spacial score (nSPS) is 10.7. The van der Waals surface area contributed by atoms with Crippen LogP contribution in [0.25, 0.3) is 11.8 Å². The highest BCUT2D eigenvalue weighted by atomic mass is 16.5. The Morgan fingerprint density at radius 3 is 2.73 bits per heavy atom. The highest BCUT2D eigenvalue weighted by Crippen LogP contribution is 2.25. The molecule has 1 heterocycles. The fraction of sp³-hybridized carbons (Fsp3) is 0.105. The first-order valence-corrected chi connectivity index (χ1v) is 7.86. The number of nitrogens with zero attached hydrogens (tertiary/aromatic N) is 3. The number of para-hydroxylation sites is 2. The Morgan fingerprint density at radius 2 is 2.00 bits per heavy atom. The number of hydrogen-bond acceptors (Lipinski definition) is 5. The molecule has 132 valence electrons. The lowest BCUT2D eigenvalue weighted by Gasteiger charge is -2.09. The maximum Gasteiger partial charge on any atom is 0.248 e. The Bertz CT molecular complexity index is 920. The molecule has 7 heteroatoms. The molecule has 0 aliphatic carbocycles. The highest BCUT2D eigenvalue weighted by Gasteiger charge is 2.07. The summed E-state index contributed by atoms with van der Waals surface area (Å²) in [5.41, 5.74) is 2.10. The SMILES string of the molecule is COc1ccc(OC)c(C=CC(=O)Nc2ccccc2-n2cncn2)c1. The van der Waals surface area contributed by atoms with Crippen LogP contribution in [0.2, 0.25) is 0 Å². The average molecular weight is 350 g/mol. The van der Waals surface area contributed by atoms with E-state index in [9.17, 15) is 4.79 Å². The molecule has 7 nitrogen and oxygen atoms in total. The highest BCUT2D eigenvalue weighted by molar-refractivity contribution is 6.03. The molecule has 0 aliphatic rings. The molecule has 0 unspecified atom stereocenters. The number of aromatic nitrogens is 3. The van der Waals surface area contributed by atoms with Crippen LogP contribution in [-0.4, -0.2) is 34.9 Å². The molecule has 0 spiro atoms. The second-order valence-electron chi connectivity index (χ2n) is 5.29. The first-order valence-electron chi connectivity index (χ1n) is 7.86.